The van der Waals surface area contributed by atoms with Crippen LogP contribution in [0.1, 0.15) is 5.82 Å². The Hall–Kier alpha value is -3.02. The number of carbonyl (C=O) groups excluding carboxylic acids is 1. The fourth-order valence-corrected chi connectivity index (χ4v) is 1.93. The van der Waals surface area contributed by atoms with Crippen LogP contribution in [0.15, 0.2) is 59.1 Å². The fourth-order valence-electron chi connectivity index (χ4n) is 1.93. The minimum Gasteiger partial charge on any atom is -0.334 e. The van der Waals surface area contributed by atoms with Crippen molar-refractivity contribution in [3.63, 3.8) is 0 Å². The minimum absolute atomic E-state index is 0.0201. The van der Waals surface area contributed by atoms with Gasteiger partial charge in [0, 0.05) is 11.3 Å². The number of aromatic nitrogens is 2. The van der Waals surface area contributed by atoms with Crippen molar-refractivity contribution in [2.75, 3.05) is 5.32 Å². The lowest BCUT2D eigenvalue weighted by molar-refractivity contribution is -0.115. The van der Waals surface area contributed by atoms with Gasteiger partial charge in [0.15, 0.2) is 5.82 Å². The van der Waals surface area contributed by atoms with Gasteiger partial charge < -0.3 is 9.84 Å². The molecule has 0 radical (unpaired) electrons. The van der Waals surface area contributed by atoms with E-state index in [1.165, 1.54) is 12.1 Å². The molecule has 6 heteroatoms. The van der Waals surface area contributed by atoms with E-state index in [1.54, 1.807) is 24.3 Å². The van der Waals surface area contributed by atoms with E-state index < -0.39 is 0 Å². The summed E-state index contributed by atoms with van der Waals surface area (Å²) in [5, 5.41) is 6.46. The van der Waals surface area contributed by atoms with Crippen LogP contribution in [0.3, 0.4) is 0 Å². The van der Waals surface area contributed by atoms with Crippen LogP contribution in [0, 0.1) is 5.82 Å². The van der Waals surface area contributed by atoms with Crippen molar-refractivity contribution in [2.45, 2.75) is 6.42 Å². The zero-order valence-corrected chi connectivity index (χ0v) is 11.5. The lowest BCUT2D eigenvalue weighted by Gasteiger charge is -2.01. The van der Waals surface area contributed by atoms with Gasteiger partial charge in [0.25, 0.3) is 5.89 Å². The van der Waals surface area contributed by atoms with Gasteiger partial charge in [-0.05, 0) is 30.3 Å². The normalized spacial score (nSPS) is 10.4. The summed E-state index contributed by atoms with van der Waals surface area (Å²) in [5.74, 6) is -0.216. The van der Waals surface area contributed by atoms with Crippen molar-refractivity contribution in [3.05, 3.63) is 66.2 Å². The van der Waals surface area contributed by atoms with E-state index >= 15 is 0 Å². The smallest absolute Gasteiger partial charge is 0.258 e. The Bertz CT molecular complexity index is 787. The Morgan fingerprint density at radius 3 is 2.73 bits per heavy atom. The second kappa shape index (κ2) is 6.17. The van der Waals surface area contributed by atoms with Crippen LogP contribution in [-0.4, -0.2) is 16.0 Å². The van der Waals surface area contributed by atoms with Crippen molar-refractivity contribution < 1.29 is 13.7 Å². The summed E-state index contributed by atoms with van der Waals surface area (Å²) in [5.41, 5.74) is 1.17. The van der Waals surface area contributed by atoms with Gasteiger partial charge in [0.05, 0.1) is 6.42 Å². The van der Waals surface area contributed by atoms with Gasteiger partial charge >= 0.3 is 0 Å². The first-order valence-corrected chi connectivity index (χ1v) is 6.64. The molecule has 0 aliphatic rings. The molecule has 1 amide bonds. The van der Waals surface area contributed by atoms with Gasteiger partial charge in [-0.15, -0.1) is 0 Å². The second-order valence-electron chi connectivity index (χ2n) is 4.62. The summed E-state index contributed by atoms with van der Waals surface area (Å²) >= 11 is 0. The topological polar surface area (TPSA) is 68.0 Å². The summed E-state index contributed by atoms with van der Waals surface area (Å²) in [6, 6.07) is 14.9. The highest BCUT2D eigenvalue weighted by atomic mass is 19.1. The Morgan fingerprint density at radius 2 is 1.95 bits per heavy atom. The fraction of sp³-hybridized carbons (Fsp3) is 0.0625. The van der Waals surface area contributed by atoms with Gasteiger partial charge in [0.2, 0.25) is 5.91 Å². The van der Waals surface area contributed by atoms with Crippen LogP contribution in [-0.2, 0) is 11.2 Å². The minimum atomic E-state index is -0.390. The van der Waals surface area contributed by atoms with E-state index in [9.17, 15) is 9.18 Å². The quantitative estimate of drug-likeness (QED) is 0.803. The number of hydrogen-bond donors (Lipinski definition) is 1. The molecule has 2 aromatic carbocycles. The first-order chi connectivity index (χ1) is 10.7. The zero-order valence-electron chi connectivity index (χ0n) is 11.5. The maximum absolute atomic E-state index is 13.2. The highest BCUT2D eigenvalue weighted by Gasteiger charge is 2.13. The molecule has 0 aliphatic heterocycles. The van der Waals surface area contributed by atoms with Crippen LogP contribution in [0.4, 0.5) is 10.1 Å². The van der Waals surface area contributed by atoms with Crippen LogP contribution in [0.2, 0.25) is 0 Å². The average Bonchev–Trinajstić information content (AvgIpc) is 2.96. The average molecular weight is 297 g/mol. The Labute approximate surface area is 125 Å². The van der Waals surface area contributed by atoms with E-state index in [-0.39, 0.29) is 29.9 Å². The zero-order chi connectivity index (χ0) is 15.4. The summed E-state index contributed by atoms with van der Waals surface area (Å²) in [6.45, 7) is 0. The van der Waals surface area contributed by atoms with Gasteiger partial charge in [-0.1, -0.05) is 29.4 Å². The van der Waals surface area contributed by atoms with Crippen molar-refractivity contribution in [3.8, 4) is 11.5 Å². The summed E-state index contributed by atoms with van der Waals surface area (Å²) in [6.07, 6.45) is -0.0201. The molecule has 110 valence electrons. The number of hydrogen-bond acceptors (Lipinski definition) is 4. The highest BCUT2D eigenvalue weighted by molar-refractivity contribution is 5.91. The molecular formula is C16H12FN3O2. The maximum Gasteiger partial charge on any atom is 0.258 e. The number of para-hydroxylation sites is 1. The van der Waals surface area contributed by atoms with Crippen LogP contribution < -0.4 is 5.32 Å². The Balaban J connectivity index is 1.68. The molecular weight excluding hydrogens is 285 g/mol. The monoisotopic (exact) mass is 297 g/mol. The van der Waals surface area contributed by atoms with E-state index in [0.29, 0.717) is 11.3 Å². The van der Waals surface area contributed by atoms with Crippen LogP contribution in [0.25, 0.3) is 11.5 Å². The predicted octanol–water partition coefficient (Wildman–Crippen LogP) is 3.06. The van der Waals surface area contributed by atoms with Gasteiger partial charge in [0.1, 0.15) is 5.82 Å². The molecule has 22 heavy (non-hydrogen) atoms. The highest BCUT2D eigenvalue weighted by Crippen LogP contribution is 2.18. The molecule has 0 saturated carbocycles. The molecule has 0 saturated heterocycles. The molecule has 0 atom stereocenters. The number of carbonyl (C=O) groups is 1. The predicted molar refractivity (Wildman–Crippen MR) is 78.5 cm³/mol. The molecule has 0 aliphatic carbocycles. The SMILES string of the molecule is O=C(Cc1noc(-c2cccc(F)c2)n1)Nc1ccccc1. The van der Waals surface area contributed by atoms with E-state index in [2.05, 4.69) is 15.5 Å². The van der Waals surface area contributed by atoms with Crippen LogP contribution >= 0.6 is 0 Å². The number of amides is 1. The largest absolute Gasteiger partial charge is 0.334 e. The molecule has 0 spiro atoms. The summed E-state index contributed by atoms with van der Waals surface area (Å²) in [7, 11) is 0. The molecule has 0 bridgehead atoms. The molecule has 0 fully saturated rings. The van der Waals surface area contributed by atoms with E-state index in [4.69, 9.17) is 4.52 Å². The molecule has 5 nitrogen and oxygen atoms in total. The number of benzene rings is 2. The maximum atomic E-state index is 13.2. The first kappa shape index (κ1) is 13.9. The third-order valence-electron chi connectivity index (χ3n) is 2.92. The molecule has 0 unspecified atom stereocenters. The molecule has 1 aromatic heterocycles. The van der Waals surface area contributed by atoms with Crippen LogP contribution in [0.5, 0.6) is 0 Å². The molecule has 3 aromatic rings. The van der Waals surface area contributed by atoms with E-state index in [0.717, 1.165) is 0 Å². The third-order valence-corrected chi connectivity index (χ3v) is 2.92. The van der Waals surface area contributed by atoms with Gasteiger partial charge in [-0.3, -0.25) is 4.79 Å². The number of halogens is 1. The number of nitrogens with one attached hydrogen (secondary N) is 1. The lowest BCUT2D eigenvalue weighted by Crippen LogP contribution is -2.15. The second-order valence-corrected chi connectivity index (χ2v) is 4.62. The van der Waals surface area contributed by atoms with E-state index in [1.807, 2.05) is 18.2 Å². The molecule has 3 rings (SSSR count). The van der Waals surface area contributed by atoms with Gasteiger partial charge in [-0.25, -0.2) is 4.39 Å². The number of rotatable bonds is 4. The first-order valence-electron chi connectivity index (χ1n) is 6.64. The third kappa shape index (κ3) is 3.35. The van der Waals surface area contributed by atoms with Crippen molar-refractivity contribution in [1.82, 2.24) is 10.1 Å². The van der Waals surface area contributed by atoms with Crippen molar-refractivity contribution in [2.24, 2.45) is 0 Å². The van der Waals surface area contributed by atoms with Crippen molar-refractivity contribution >= 4 is 11.6 Å². The number of nitrogens with zero attached hydrogens (tertiary/aromatic N) is 2. The number of anilines is 1. The molecule has 1 N–H and O–H groups in total. The Morgan fingerprint density at radius 1 is 1.14 bits per heavy atom. The lowest BCUT2D eigenvalue weighted by atomic mass is 10.2. The summed E-state index contributed by atoms with van der Waals surface area (Å²) < 4.78 is 18.2. The molecule has 1 heterocycles. The summed E-state index contributed by atoms with van der Waals surface area (Å²) in [4.78, 5) is 16.0. The van der Waals surface area contributed by atoms with Crippen molar-refractivity contribution in [1.29, 1.82) is 0 Å². The standard InChI is InChI=1S/C16H12FN3O2/c17-12-6-4-5-11(9-12)16-19-14(20-22-16)10-15(21)18-13-7-2-1-3-8-13/h1-9H,10H2,(H,18,21). The van der Waals surface area contributed by atoms with Gasteiger partial charge in [-0.2, -0.15) is 4.98 Å². The Kier molecular flexibility index (Phi) is 3.91.